The van der Waals surface area contributed by atoms with Crippen molar-refractivity contribution in [3.63, 3.8) is 0 Å². The van der Waals surface area contributed by atoms with Gasteiger partial charge in [0.2, 0.25) is 0 Å². The van der Waals surface area contributed by atoms with Crippen LogP contribution in [0, 0.1) is 0 Å². The van der Waals surface area contributed by atoms with Crippen molar-refractivity contribution in [1.29, 1.82) is 0 Å². The summed E-state index contributed by atoms with van der Waals surface area (Å²) in [5.41, 5.74) is 1.35. The highest BCUT2D eigenvalue weighted by Gasteiger charge is 2.24. The fraction of sp³-hybridized carbons (Fsp3) is 0. The highest BCUT2D eigenvalue weighted by molar-refractivity contribution is 8.18. The predicted octanol–water partition coefficient (Wildman–Crippen LogP) is 1.82. The normalized spacial score (nSPS) is 17.6. The third-order valence-corrected chi connectivity index (χ3v) is 2.82. The molecule has 1 aliphatic heterocycles. The number of imide groups is 1. The van der Waals surface area contributed by atoms with Gasteiger partial charge in [-0.25, -0.2) is 0 Å². The van der Waals surface area contributed by atoms with Crippen molar-refractivity contribution in [3.8, 4) is 0 Å². The summed E-state index contributed by atoms with van der Waals surface area (Å²) < 4.78 is 0. The summed E-state index contributed by atoms with van der Waals surface area (Å²) >= 11 is 0.870. The Labute approximate surface area is 95.7 Å². The molecule has 1 aliphatic rings. The molecule has 1 fully saturated rings. The van der Waals surface area contributed by atoms with Gasteiger partial charge in [0.25, 0.3) is 11.1 Å². The van der Waals surface area contributed by atoms with Gasteiger partial charge < -0.3 is 0 Å². The van der Waals surface area contributed by atoms with Gasteiger partial charge in [0.1, 0.15) is 6.29 Å². The molecule has 0 spiro atoms. The highest BCUT2D eigenvalue weighted by atomic mass is 32.2. The lowest BCUT2D eigenvalue weighted by molar-refractivity contribution is -0.115. The minimum Gasteiger partial charge on any atom is -0.298 e. The van der Waals surface area contributed by atoms with E-state index in [2.05, 4.69) is 5.32 Å². The molecule has 1 aromatic carbocycles. The van der Waals surface area contributed by atoms with E-state index in [1.807, 2.05) is 0 Å². The van der Waals surface area contributed by atoms with E-state index in [1.165, 1.54) is 0 Å². The van der Waals surface area contributed by atoms with Gasteiger partial charge >= 0.3 is 0 Å². The minimum atomic E-state index is -0.380. The van der Waals surface area contributed by atoms with Crippen LogP contribution in [-0.4, -0.2) is 17.4 Å². The van der Waals surface area contributed by atoms with Crippen molar-refractivity contribution < 1.29 is 14.4 Å². The third kappa shape index (κ3) is 2.20. The summed E-state index contributed by atoms with van der Waals surface area (Å²) in [6.45, 7) is 0. The third-order valence-electron chi connectivity index (χ3n) is 2.01. The molecule has 1 aromatic rings. The van der Waals surface area contributed by atoms with Crippen LogP contribution in [0.25, 0.3) is 6.08 Å². The smallest absolute Gasteiger partial charge is 0.290 e. The molecular weight excluding hydrogens is 226 g/mol. The van der Waals surface area contributed by atoms with Crippen LogP contribution in [-0.2, 0) is 4.79 Å². The molecule has 0 radical (unpaired) electrons. The molecule has 5 heteroatoms. The number of amides is 2. The number of carbonyl (C=O) groups excluding carboxylic acids is 3. The Morgan fingerprint density at radius 3 is 2.19 bits per heavy atom. The van der Waals surface area contributed by atoms with Crippen molar-refractivity contribution in [3.05, 3.63) is 40.3 Å². The maximum Gasteiger partial charge on any atom is 0.290 e. The maximum atomic E-state index is 11.2. The van der Waals surface area contributed by atoms with Gasteiger partial charge in [0, 0.05) is 5.56 Å². The number of aldehydes is 1. The van der Waals surface area contributed by atoms with E-state index in [1.54, 1.807) is 30.3 Å². The Kier molecular flexibility index (Phi) is 2.87. The first-order valence-corrected chi connectivity index (χ1v) is 5.31. The van der Waals surface area contributed by atoms with Crippen molar-refractivity contribution in [2.45, 2.75) is 0 Å². The molecular formula is C11H7NO3S. The lowest BCUT2D eigenvalue weighted by Gasteiger charge is -1.95. The lowest BCUT2D eigenvalue weighted by Crippen LogP contribution is -2.17. The Bertz CT molecular complexity index is 490. The van der Waals surface area contributed by atoms with Crippen LogP contribution in [0.2, 0.25) is 0 Å². The van der Waals surface area contributed by atoms with Crippen LogP contribution in [0.4, 0.5) is 4.79 Å². The first-order valence-electron chi connectivity index (χ1n) is 4.49. The number of hydrogen-bond acceptors (Lipinski definition) is 4. The van der Waals surface area contributed by atoms with Gasteiger partial charge in [-0.2, -0.15) is 0 Å². The molecule has 0 atom stereocenters. The van der Waals surface area contributed by atoms with Crippen molar-refractivity contribution in [1.82, 2.24) is 5.32 Å². The number of nitrogens with one attached hydrogen (secondary N) is 1. The molecule has 1 N–H and O–H groups in total. The molecule has 0 aromatic heterocycles. The summed E-state index contributed by atoms with van der Waals surface area (Å²) in [6.07, 6.45) is 2.36. The average Bonchev–Trinajstić information content (AvgIpc) is 2.59. The summed E-state index contributed by atoms with van der Waals surface area (Å²) in [7, 11) is 0. The van der Waals surface area contributed by atoms with Crippen molar-refractivity contribution in [2.24, 2.45) is 0 Å². The second-order valence-corrected chi connectivity index (χ2v) is 4.15. The Balaban J connectivity index is 2.25. The molecule has 4 nitrogen and oxygen atoms in total. The van der Waals surface area contributed by atoms with Crippen LogP contribution in [0.1, 0.15) is 15.9 Å². The maximum absolute atomic E-state index is 11.2. The number of hydrogen-bond donors (Lipinski definition) is 1. The summed E-state index contributed by atoms with van der Waals surface area (Å²) in [6, 6.07) is 6.73. The van der Waals surface area contributed by atoms with Crippen LogP contribution in [0.5, 0.6) is 0 Å². The van der Waals surface area contributed by atoms with E-state index < -0.39 is 0 Å². The van der Waals surface area contributed by atoms with Gasteiger partial charge in [0.05, 0.1) is 4.91 Å². The molecule has 16 heavy (non-hydrogen) atoms. The zero-order valence-corrected chi connectivity index (χ0v) is 8.91. The highest BCUT2D eigenvalue weighted by Crippen LogP contribution is 2.25. The van der Waals surface area contributed by atoms with Gasteiger partial charge in [-0.3, -0.25) is 19.7 Å². The molecule has 1 saturated heterocycles. The summed E-state index contributed by atoms with van der Waals surface area (Å²) in [4.78, 5) is 32.9. The molecule has 2 amide bonds. The van der Waals surface area contributed by atoms with E-state index in [9.17, 15) is 14.4 Å². The molecule has 80 valence electrons. The number of rotatable bonds is 2. The number of thioether (sulfide) groups is 1. The molecule has 0 unspecified atom stereocenters. The fourth-order valence-corrected chi connectivity index (χ4v) is 1.93. The van der Waals surface area contributed by atoms with Crippen LogP contribution in [0.15, 0.2) is 29.2 Å². The quantitative estimate of drug-likeness (QED) is 0.625. The predicted molar refractivity (Wildman–Crippen MR) is 60.9 cm³/mol. The molecule has 0 bridgehead atoms. The van der Waals surface area contributed by atoms with Crippen molar-refractivity contribution in [2.75, 3.05) is 0 Å². The standard InChI is InChI=1S/C11H7NO3S/c13-6-8-3-1-7(2-4-8)5-9-10(14)12-11(15)16-9/h1-6H,(H,12,14,15)/b9-5+. The Morgan fingerprint density at radius 1 is 1.06 bits per heavy atom. The van der Waals surface area contributed by atoms with E-state index in [0.717, 1.165) is 23.6 Å². The van der Waals surface area contributed by atoms with Gasteiger partial charge in [-0.05, 0) is 23.4 Å². The van der Waals surface area contributed by atoms with Gasteiger partial charge in [-0.1, -0.05) is 24.3 Å². The molecule has 1 heterocycles. The summed E-state index contributed by atoms with van der Waals surface area (Å²) in [5.74, 6) is -0.380. The number of carbonyl (C=O) groups is 3. The van der Waals surface area contributed by atoms with E-state index in [-0.39, 0.29) is 11.1 Å². The zero-order valence-electron chi connectivity index (χ0n) is 8.10. The average molecular weight is 233 g/mol. The van der Waals surface area contributed by atoms with Crippen LogP contribution < -0.4 is 5.32 Å². The largest absolute Gasteiger partial charge is 0.298 e. The fourth-order valence-electron chi connectivity index (χ4n) is 1.24. The van der Waals surface area contributed by atoms with E-state index in [4.69, 9.17) is 0 Å². The zero-order chi connectivity index (χ0) is 11.5. The lowest BCUT2D eigenvalue weighted by atomic mass is 10.1. The first-order chi connectivity index (χ1) is 7.69. The SMILES string of the molecule is O=Cc1ccc(/C=C2/SC(=O)NC2=O)cc1. The van der Waals surface area contributed by atoms with Crippen LogP contribution in [0.3, 0.4) is 0 Å². The number of benzene rings is 1. The first kappa shape index (κ1) is 10.6. The van der Waals surface area contributed by atoms with Gasteiger partial charge in [-0.15, -0.1) is 0 Å². The summed E-state index contributed by atoms with van der Waals surface area (Å²) in [5, 5.41) is 1.81. The molecule has 0 aliphatic carbocycles. The topological polar surface area (TPSA) is 63.2 Å². The van der Waals surface area contributed by atoms with Gasteiger partial charge in [0.15, 0.2) is 0 Å². The van der Waals surface area contributed by atoms with Crippen molar-refractivity contribution >= 4 is 35.3 Å². The second kappa shape index (κ2) is 4.32. The Morgan fingerprint density at radius 2 is 1.69 bits per heavy atom. The Hall–Kier alpha value is -1.88. The monoisotopic (exact) mass is 233 g/mol. The van der Waals surface area contributed by atoms with Crippen LogP contribution >= 0.6 is 11.8 Å². The second-order valence-electron chi connectivity index (χ2n) is 3.14. The van der Waals surface area contributed by atoms with E-state index >= 15 is 0 Å². The van der Waals surface area contributed by atoms with E-state index in [0.29, 0.717) is 10.5 Å². The minimum absolute atomic E-state index is 0.360. The molecule has 2 rings (SSSR count). The molecule has 0 saturated carbocycles.